The molecule has 1 fully saturated rings. The second kappa shape index (κ2) is 8.98. The van der Waals surface area contributed by atoms with Gasteiger partial charge in [0.25, 0.3) is 5.91 Å². The lowest BCUT2D eigenvalue weighted by Gasteiger charge is -2.34. The minimum atomic E-state index is -0.265. The lowest BCUT2D eigenvalue weighted by atomic mass is 10.2. The Hall–Kier alpha value is -3.42. The topological polar surface area (TPSA) is 66.5 Å². The first kappa shape index (κ1) is 20.5. The van der Waals surface area contributed by atoms with Gasteiger partial charge in [0.05, 0.1) is 23.8 Å². The number of nitrogens with one attached hydrogen (secondary N) is 1. The molecule has 0 saturated carbocycles. The third-order valence-corrected chi connectivity index (χ3v) is 6.06. The van der Waals surface area contributed by atoms with Gasteiger partial charge in [0.15, 0.2) is 5.76 Å². The van der Waals surface area contributed by atoms with E-state index in [1.807, 2.05) is 18.2 Å². The lowest BCUT2D eigenvalue weighted by Crippen LogP contribution is -2.45. The summed E-state index contributed by atoms with van der Waals surface area (Å²) in [5.41, 5.74) is 4.01. The summed E-state index contributed by atoms with van der Waals surface area (Å²) in [5.74, 6) is 1.06. The largest absolute Gasteiger partial charge is 0.459 e. The van der Waals surface area contributed by atoms with Crippen molar-refractivity contribution >= 4 is 22.6 Å². The lowest BCUT2D eigenvalue weighted by molar-refractivity contribution is 0.0996. The first-order valence-electron chi connectivity index (χ1n) is 10.9. The average molecular weight is 430 g/mol. The monoisotopic (exact) mass is 429 g/mol. The molecule has 0 radical (unpaired) electrons. The molecule has 2 aromatic heterocycles. The van der Waals surface area contributed by atoms with Crippen molar-refractivity contribution in [2.24, 2.45) is 7.05 Å². The first-order valence-corrected chi connectivity index (χ1v) is 10.9. The number of carbonyl (C=O) groups excluding carboxylic acids is 1. The second-order valence-corrected chi connectivity index (χ2v) is 8.26. The van der Waals surface area contributed by atoms with E-state index in [1.165, 1.54) is 11.8 Å². The number of anilines is 1. The van der Waals surface area contributed by atoms with Crippen LogP contribution in [0.1, 0.15) is 21.9 Å². The highest BCUT2D eigenvalue weighted by atomic mass is 16.3. The van der Waals surface area contributed by atoms with Crippen molar-refractivity contribution in [3.63, 3.8) is 0 Å². The molecule has 1 aliphatic heterocycles. The molecule has 164 valence electrons. The van der Waals surface area contributed by atoms with Gasteiger partial charge in [-0.3, -0.25) is 14.6 Å². The number of aromatic nitrogens is 2. The molecule has 3 heterocycles. The highest BCUT2D eigenvalue weighted by Crippen LogP contribution is 2.21. The van der Waals surface area contributed by atoms with Crippen LogP contribution in [0.2, 0.25) is 0 Å². The van der Waals surface area contributed by atoms with Crippen LogP contribution in [0.5, 0.6) is 0 Å². The number of piperazine rings is 1. The number of furan rings is 1. The molecule has 2 aromatic carbocycles. The Balaban J connectivity index is 1.22. The molecular weight excluding hydrogens is 402 g/mol. The number of fused-ring (bicyclic) bond motifs is 1. The van der Waals surface area contributed by atoms with Crippen LogP contribution in [-0.2, 0) is 20.1 Å². The van der Waals surface area contributed by atoms with Gasteiger partial charge in [0, 0.05) is 45.5 Å². The van der Waals surface area contributed by atoms with Gasteiger partial charge in [-0.15, -0.1) is 0 Å². The Labute approximate surface area is 187 Å². The van der Waals surface area contributed by atoms with Gasteiger partial charge in [-0.05, 0) is 35.9 Å². The molecule has 0 atom stereocenters. The van der Waals surface area contributed by atoms with Gasteiger partial charge in [-0.25, -0.2) is 4.98 Å². The van der Waals surface area contributed by atoms with Crippen LogP contribution in [0.25, 0.3) is 11.0 Å². The average Bonchev–Trinajstić information content (AvgIpc) is 3.45. The fourth-order valence-corrected chi connectivity index (χ4v) is 4.22. The zero-order chi connectivity index (χ0) is 21.9. The van der Waals surface area contributed by atoms with Crippen LogP contribution in [0, 0.1) is 0 Å². The predicted octanol–water partition coefficient (Wildman–Crippen LogP) is 3.74. The van der Waals surface area contributed by atoms with Gasteiger partial charge in [0.2, 0.25) is 0 Å². The van der Waals surface area contributed by atoms with Crippen LogP contribution in [-0.4, -0.2) is 51.4 Å². The SMILES string of the molecule is Cn1c(CN2CCN(Cc3ccccc3)CC2)nc2cc(NC(=O)c3ccco3)ccc21. The quantitative estimate of drug-likeness (QED) is 0.506. The maximum absolute atomic E-state index is 12.2. The van der Waals surface area contributed by atoms with Gasteiger partial charge in [0.1, 0.15) is 5.82 Å². The predicted molar refractivity (Wildman–Crippen MR) is 124 cm³/mol. The normalized spacial score (nSPS) is 15.3. The third kappa shape index (κ3) is 4.44. The Kier molecular flexibility index (Phi) is 5.75. The summed E-state index contributed by atoms with van der Waals surface area (Å²) in [6.45, 7) is 6.00. The molecule has 0 bridgehead atoms. The van der Waals surface area contributed by atoms with E-state index in [0.717, 1.165) is 56.1 Å². The molecule has 0 unspecified atom stereocenters. The number of imidazole rings is 1. The van der Waals surface area contributed by atoms with Crippen LogP contribution in [0.15, 0.2) is 71.3 Å². The van der Waals surface area contributed by atoms with Crippen molar-refractivity contribution in [3.05, 3.63) is 84.1 Å². The Morgan fingerprint density at radius 2 is 1.72 bits per heavy atom. The summed E-state index contributed by atoms with van der Waals surface area (Å²) < 4.78 is 7.31. The van der Waals surface area contributed by atoms with Crippen LogP contribution in [0.3, 0.4) is 0 Å². The molecule has 1 amide bonds. The van der Waals surface area contributed by atoms with E-state index in [4.69, 9.17) is 9.40 Å². The van der Waals surface area contributed by atoms with E-state index in [0.29, 0.717) is 11.4 Å². The fourth-order valence-electron chi connectivity index (χ4n) is 4.22. The van der Waals surface area contributed by atoms with Gasteiger partial charge < -0.3 is 14.3 Å². The summed E-state index contributed by atoms with van der Waals surface area (Å²) >= 11 is 0. The van der Waals surface area contributed by atoms with Crippen molar-refractivity contribution in [2.45, 2.75) is 13.1 Å². The summed E-state index contributed by atoms with van der Waals surface area (Å²) in [7, 11) is 2.05. The van der Waals surface area contributed by atoms with Gasteiger partial charge >= 0.3 is 0 Å². The maximum Gasteiger partial charge on any atom is 0.291 e. The van der Waals surface area contributed by atoms with E-state index < -0.39 is 0 Å². The number of rotatable bonds is 6. The number of nitrogens with zero attached hydrogens (tertiary/aromatic N) is 4. The molecule has 4 aromatic rings. The summed E-state index contributed by atoms with van der Waals surface area (Å²) in [6.07, 6.45) is 1.49. The highest BCUT2D eigenvalue weighted by Gasteiger charge is 2.19. The number of benzene rings is 2. The number of carbonyl (C=O) groups is 1. The molecule has 1 aliphatic rings. The molecule has 0 aliphatic carbocycles. The summed E-state index contributed by atoms with van der Waals surface area (Å²) in [5, 5.41) is 2.87. The molecule has 7 heteroatoms. The molecule has 7 nitrogen and oxygen atoms in total. The van der Waals surface area contributed by atoms with Crippen molar-refractivity contribution in [1.29, 1.82) is 0 Å². The Morgan fingerprint density at radius 3 is 2.44 bits per heavy atom. The van der Waals surface area contributed by atoms with E-state index in [1.54, 1.807) is 12.1 Å². The third-order valence-electron chi connectivity index (χ3n) is 6.06. The standard InChI is InChI=1S/C25H27N5O2/c1-28-22-10-9-20(26-25(31)23-8-5-15-32-23)16-21(22)27-24(28)18-30-13-11-29(12-14-30)17-19-6-3-2-4-7-19/h2-10,15-16H,11-14,17-18H2,1H3,(H,26,31). The molecular formula is C25H27N5O2. The molecule has 32 heavy (non-hydrogen) atoms. The Morgan fingerprint density at radius 1 is 0.969 bits per heavy atom. The number of amides is 1. The molecule has 1 saturated heterocycles. The van der Waals surface area contributed by atoms with Crippen molar-refractivity contribution < 1.29 is 9.21 Å². The van der Waals surface area contributed by atoms with E-state index in [2.05, 4.69) is 57.1 Å². The van der Waals surface area contributed by atoms with Crippen LogP contribution >= 0.6 is 0 Å². The van der Waals surface area contributed by atoms with Crippen molar-refractivity contribution in [2.75, 3.05) is 31.5 Å². The maximum atomic E-state index is 12.2. The fraction of sp³-hybridized carbons (Fsp3) is 0.280. The zero-order valence-electron chi connectivity index (χ0n) is 18.2. The van der Waals surface area contributed by atoms with E-state index in [9.17, 15) is 4.79 Å². The molecule has 5 rings (SSSR count). The van der Waals surface area contributed by atoms with Crippen LogP contribution in [0.4, 0.5) is 5.69 Å². The zero-order valence-corrected chi connectivity index (χ0v) is 18.2. The van der Waals surface area contributed by atoms with Gasteiger partial charge in [-0.2, -0.15) is 0 Å². The van der Waals surface area contributed by atoms with Gasteiger partial charge in [-0.1, -0.05) is 30.3 Å². The first-order chi connectivity index (χ1) is 15.7. The Bertz CT molecular complexity index is 1190. The minimum absolute atomic E-state index is 0.265. The van der Waals surface area contributed by atoms with E-state index in [-0.39, 0.29) is 5.91 Å². The van der Waals surface area contributed by atoms with Crippen molar-refractivity contribution in [1.82, 2.24) is 19.4 Å². The second-order valence-electron chi connectivity index (χ2n) is 8.26. The molecule has 1 N–H and O–H groups in total. The smallest absolute Gasteiger partial charge is 0.291 e. The number of hydrogen-bond acceptors (Lipinski definition) is 5. The summed E-state index contributed by atoms with van der Waals surface area (Å²) in [6, 6.07) is 19.8. The highest BCUT2D eigenvalue weighted by molar-refractivity contribution is 6.03. The molecule has 0 spiro atoms. The van der Waals surface area contributed by atoms with Crippen LogP contribution < -0.4 is 5.32 Å². The number of hydrogen-bond donors (Lipinski definition) is 1. The minimum Gasteiger partial charge on any atom is -0.459 e. The van der Waals surface area contributed by atoms with E-state index >= 15 is 0 Å². The number of aryl methyl sites for hydroxylation is 1. The van der Waals surface area contributed by atoms with Crippen molar-refractivity contribution in [3.8, 4) is 0 Å². The summed E-state index contributed by atoms with van der Waals surface area (Å²) in [4.78, 5) is 22.1.